The van der Waals surface area contributed by atoms with Crippen molar-refractivity contribution >= 4 is 23.5 Å². The molecule has 8 heteroatoms. The molecule has 8 nitrogen and oxygen atoms in total. The van der Waals surface area contributed by atoms with Gasteiger partial charge in [-0.1, -0.05) is 6.07 Å². The maximum atomic E-state index is 12.6. The van der Waals surface area contributed by atoms with Gasteiger partial charge in [0.15, 0.2) is 0 Å². The molecular weight excluding hydrogens is 368 g/mol. The summed E-state index contributed by atoms with van der Waals surface area (Å²) in [5.74, 6) is 2.48. The van der Waals surface area contributed by atoms with Crippen molar-refractivity contribution in [1.82, 2.24) is 14.9 Å². The number of carbonyl (C=O) groups excluding carboxylic acids is 1. The molecule has 1 N–H and O–H groups in total. The quantitative estimate of drug-likeness (QED) is 0.857. The van der Waals surface area contributed by atoms with Crippen molar-refractivity contribution < 1.29 is 9.53 Å². The molecular formula is C21H28N6O2. The van der Waals surface area contributed by atoms with Gasteiger partial charge in [-0.2, -0.15) is 4.98 Å². The Bertz CT molecular complexity index is 831. The second-order valence-corrected chi connectivity index (χ2v) is 7.40. The van der Waals surface area contributed by atoms with E-state index in [9.17, 15) is 4.79 Å². The number of hydrogen-bond acceptors (Lipinski definition) is 6. The van der Waals surface area contributed by atoms with Gasteiger partial charge in [-0.25, -0.2) is 9.78 Å². The molecule has 0 unspecified atom stereocenters. The summed E-state index contributed by atoms with van der Waals surface area (Å²) < 4.78 is 5.21. The summed E-state index contributed by atoms with van der Waals surface area (Å²) in [6, 6.07) is 9.26. The number of urea groups is 1. The van der Waals surface area contributed by atoms with Crippen LogP contribution in [0.25, 0.3) is 0 Å². The lowest BCUT2D eigenvalue weighted by Crippen LogP contribution is -2.50. The molecule has 2 saturated heterocycles. The lowest BCUT2D eigenvalue weighted by molar-refractivity contribution is 0.208. The summed E-state index contributed by atoms with van der Waals surface area (Å²) in [5.41, 5.74) is 0.735. The highest BCUT2D eigenvalue weighted by atomic mass is 16.5. The fraction of sp³-hybridized carbons (Fsp3) is 0.476. The monoisotopic (exact) mass is 396 g/mol. The van der Waals surface area contributed by atoms with E-state index in [0.717, 1.165) is 49.4 Å². The molecule has 2 aliphatic heterocycles. The highest BCUT2D eigenvalue weighted by Gasteiger charge is 2.23. The molecule has 2 aromatic rings. The topological polar surface area (TPSA) is 73.8 Å². The molecule has 2 amide bonds. The van der Waals surface area contributed by atoms with Gasteiger partial charge in [0.1, 0.15) is 11.6 Å². The van der Waals surface area contributed by atoms with Crippen LogP contribution in [0, 0.1) is 0 Å². The molecule has 4 rings (SSSR count). The Morgan fingerprint density at radius 3 is 2.55 bits per heavy atom. The number of nitrogens with one attached hydrogen (secondary N) is 1. The van der Waals surface area contributed by atoms with Crippen LogP contribution in [0.4, 0.5) is 22.2 Å². The second-order valence-electron chi connectivity index (χ2n) is 7.40. The molecule has 0 atom stereocenters. The number of amides is 2. The van der Waals surface area contributed by atoms with Crippen LogP contribution in [0.5, 0.6) is 5.75 Å². The van der Waals surface area contributed by atoms with Gasteiger partial charge >= 0.3 is 6.03 Å². The molecule has 1 aromatic heterocycles. The van der Waals surface area contributed by atoms with Gasteiger partial charge in [0.2, 0.25) is 5.95 Å². The fourth-order valence-corrected chi connectivity index (χ4v) is 3.80. The lowest BCUT2D eigenvalue weighted by atomic mass is 10.1. The summed E-state index contributed by atoms with van der Waals surface area (Å²) in [6.07, 6.45) is 5.54. The highest BCUT2D eigenvalue weighted by Crippen LogP contribution is 2.21. The molecule has 2 fully saturated rings. The first-order chi connectivity index (χ1) is 14.2. The second kappa shape index (κ2) is 8.98. The minimum absolute atomic E-state index is 0.0883. The lowest BCUT2D eigenvalue weighted by Gasteiger charge is -2.35. The van der Waals surface area contributed by atoms with Gasteiger partial charge in [0.25, 0.3) is 0 Å². The zero-order valence-corrected chi connectivity index (χ0v) is 16.9. The molecule has 29 heavy (non-hydrogen) atoms. The van der Waals surface area contributed by atoms with E-state index < -0.39 is 0 Å². The van der Waals surface area contributed by atoms with Crippen LogP contribution < -0.4 is 19.9 Å². The van der Waals surface area contributed by atoms with Gasteiger partial charge in [-0.3, -0.25) is 0 Å². The molecule has 3 heterocycles. The predicted octanol–water partition coefficient (Wildman–Crippen LogP) is 2.83. The number of benzene rings is 1. The van der Waals surface area contributed by atoms with Crippen LogP contribution >= 0.6 is 0 Å². The largest absolute Gasteiger partial charge is 0.497 e. The maximum Gasteiger partial charge on any atom is 0.321 e. The number of rotatable bonds is 4. The summed E-state index contributed by atoms with van der Waals surface area (Å²) in [6.45, 7) is 4.87. The number of aromatic nitrogens is 2. The van der Waals surface area contributed by atoms with Crippen LogP contribution in [0.2, 0.25) is 0 Å². The van der Waals surface area contributed by atoms with Gasteiger partial charge in [-0.15, -0.1) is 0 Å². The van der Waals surface area contributed by atoms with Crippen LogP contribution in [-0.2, 0) is 0 Å². The molecule has 1 aromatic carbocycles. The van der Waals surface area contributed by atoms with Crippen molar-refractivity contribution in [2.75, 3.05) is 61.5 Å². The number of piperidine rings is 1. The van der Waals surface area contributed by atoms with Crippen LogP contribution in [0.15, 0.2) is 36.5 Å². The van der Waals surface area contributed by atoms with Crippen molar-refractivity contribution in [3.63, 3.8) is 0 Å². The first-order valence-electron chi connectivity index (χ1n) is 10.3. The standard InChI is InChI=1S/C21H28N6O2/c1-29-18-7-5-6-17(16-18)23-21(28)27-14-12-25(13-15-27)19-8-9-22-20(24-19)26-10-3-2-4-11-26/h5-9,16H,2-4,10-15H2,1H3,(H,23,28). The number of piperazine rings is 1. The SMILES string of the molecule is COc1cccc(NC(=O)N2CCN(c3ccnc(N4CCCCC4)n3)CC2)c1. The minimum Gasteiger partial charge on any atom is -0.497 e. The van der Waals surface area contributed by atoms with Crippen molar-refractivity contribution in [2.24, 2.45) is 0 Å². The predicted molar refractivity (Wildman–Crippen MR) is 114 cm³/mol. The first kappa shape index (κ1) is 19.3. The Morgan fingerprint density at radius 1 is 1.00 bits per heavy atom. The van der Waals surface area contributed by atoms with E-state index in [1.807, 2.05) is 41.4 Å². The summed E-state index contributed by atoms with van der Waals surface area (Å²) in [4.78, 5) is 28.2. The summed E-state index contributed by atoms with van der Waals surface area (Å²) in [7, 11) is 1.62. The summed E-state index contributed by atoms with van der Waals surface area (Å²) >= 11 is 0. The number of carbonyl (C=O) groups is 1. The molecule has 0 spiro atoms. The average Bonchev–Trinajstić information content (AvgIpc) is 2.80. The van der Waals surface area contributed by atoms with Crippen molar-refractivity contribution in [3.05, 3.63) is 36.5 Å². The number of ether oxygens (including phenoxy) is 1. The Labute approximate surface area is 171 Å². The molecule has 154 valence electrons. The molecule has 0 radical (unpaired) electrons. The summed E-state index contributed by atoms with van der Waals surface area (Å²) in [5, 5.41) is 2.95. The van der Waals surface area contributed by atoms with E-state index in [2.05, 4.69) is 20.1 Å². The molecule has 2 aliphatic rings. The zero-order valence-electron chi connectivity index (χ0n) is 16.9. The van der Waals surface area contributed by atoms with Gasteiger partial charge < -0.3 is 24.8 Å². The van der Waals surface area contributed by atoms with Crippen molar-refractivity contribution in [2.45, 2.75) is 19.3 Å². The third kappa shape index (κ3) is 4.70. The van der Waals surface area contributed by atoms with Crippen LogP contribution in [-0.4, -0.2) is 67.3 Å². The Balaban J connectivity index is 1.33. The van der Waals surface area contributed by atoms with Crippen molar-refractivity contribution in [1.29, 1.82) is 0 Å². The van der Waals surface area contributed by atoms with E-state index in [-0.39, 0.29) is 6.03 Å². The van der Waals surface area contributed by atoms with Crippen LogP contribution in [0.3, 0.4) is 0 Å². The van der Waals surface area contributed by atoms with E-state index in [1.165, 1.54) is 19.3 Å². The number of nitrogens with zero attached hydrogens (tertiary/aromatic N) is 5. The Hall–Kier alpha value is -3.03. The Kier molecular flexibility index (Phi) is 5.97. The third-order valence-electron chi connectivity index (χ3n) is 5.48. The number of methoxy groups -OCH3 is 1. The first-order valence-corrected chi connectivity index (χ1v) is 10.3. The van der Waals surface area contributed by atoms with E-state index in [1.54, 1.807) is 7.11 Å². The smallest absolute Gasteiger partial charge is 0.321 e. The van der Waals surface area contributed by atoms with E-state index in [0.29, 0.717) is 13.1 Å². The number of anilines is 3. The average molecular weight is 396 g/mol. The highest BCUT2D eigenvalue weighted by molar-refractivity contribution is 5.89. The molecule has 0 bridgehead atoms. The van der Waals surface area contributed by atoms with Crippen molar-refractivity contribution in [3.8, 4) is 5.75 Å². The van der Waals surface area contributed by atoms with Gasteiger partial charge in [0.05, 0.1) is 7.11 Å². The van der Waals surface area contributed by atoms with Crippen LogP contribution in [0.1, 0.15) is 19.3 Å². The molecule has 0 aliphatic carbocycles. The fourth-order valence-electron chi connectivity index (χ4n) is 3.80. The zero-order chi connectivity index (χ0) is 20.1. The number of hydrogen-bond donors (Lipinski definition) is 1. The minimum atomic E-state index is -0.0883. The van der Waals surface area contributed by atoms with E-state index in [4.69, 9.17) is 9.72 Å². The van der Waals surface area contributed by atoms with E-state index >= 15 is 0 Å². The Morgan fingerprint density at radius 2 is 1.79 bits per heavy atom. The molecule has 0 saturated carbocycles. The van der Waals surface area contributed by atoms with Gasteiger partial charge in [0, 0.05) is 57.2 Å². The maximum absolute atomic E-state index is 12.6. The third-order valence-corrected chi connectivity index (χ3v) is 5.48. The van der Waals surface area contributed by atoms with Gasteiger partial charge in [-0.05, 0) is 37.5 Å². The normalized spacial score (nSPS) is 17.2.